The van der Waals surface area contributed by atoms with Crippen LogP contribution in [-0.2, 0) is 0 Å². The molecule has 0 spiro atoms. The maximum atomic E-state index is 12.1. The molecule has 0 atom stereocenters. The molecule has 0 saturated heterocycles. The van der Waals surface area contributed by atoms with E-state index in [-0.39, 0.29) is 5.91 Å². The number of aryl methyl sites for hydroxylation is 1. The predicted octanol–water partition coefficient (Wildman–Crippen LogP) is 2.18. The monoisotopic (exact) mass is 284 g/mol. The largest absolute Gasteiger partial charge is 0.342 e. The van der Waals surface area contributed by atoms with Crippen molar-refractivity contribution in [1.29, 1.82) is 0 Å². The van der Waals surface area contributed by atoms with Crippen molar-refractivity contribution in [2.75, 3.05) is 20.1 Å². The van der Waals surface area contributed by atoms with Crippen LogP contribution in [0.1, 0.15) is 22.3 Å². The van der Waals surface area contributed by atoms with E-state index in [1.165, 1.54) is 0 Å². The fraction of sp³-hybridized carbons (Fsp3) is 0.417. The SMILES string of the molecule is Cc1cc(Br)ccc1C(=O)N(C)CCCN. The Morgan fingerprint density at radius 3 is 2.75 bits per heavy atom. The lowest BCUT2D eigenvalue weighted by atomic mass is 10.1. The van der Waals surface area contributed by atoms with Gasteiger partial charge in [0.1, 0.15) is 0 Å². The number of rotatable bonds is 4. The minimum atomic E-state index is 0.0541. The Hall–Kier alpha value is -0.870. The highest BCUT2D eigenvalue weighted by Gasteiger charge is 2.13. The first-order valence-corrected chi connectivity index (χ1v) is 6.07. The van der Waals surface area contributed by atoms with Crippen molar-refractivity contribution < 1.29 is 4.79 Å². The molecule has 0 heterocycles. The molecule has 2 N–H and O–H groups in total. The summed E-state index contributed by atoms with van der Waals surface area (Å²) < 4.78 is 0.992. The highest BCUT2D eigenvalue weighted by Crippen LogP contribution is 2.17. The fourth-order valence-electron chi connectivity index (χ4n) is 1.50. The summed E-state index contributed by atoms with van der Waals surface area (Å²) in [5.41, 5.74) is 7.16. The van der Waals surface area contributed by atoms with E-state index >= 15 is 0 Å². The molecule has 0 saturated carbocycles. The van der Waals surface area contributed by atoms with E-state index in [1.807, 2.05) is 25.1 Å². The van der Waals surface area contributed by atoms with Crippen LogP contribution in [0.4, 0.5) is 0 Å². The number of amides is 1. The Bertz CT molecular complexity index is 379. The Labute approximate surface area is 105 Å². The molecule has 0 aliphatic rings. The van der Waals surface area contributed by atoms with Crippen molar-refractivity contribution in [2.45, 2.75) is 13.3 Å². The van der Waals surface area contributed by atoms with E-state index in [0.29, 0.717) is 13.1 Å². The molecule has 1 aromatic carbocycles. The van der Waals surface area contributed by atoms with Crippen molar-refractivity contribution in [3.8, 4) is 0 Å². The van der Waals surface area contributed by atoms with E-state index in [0.717, 1.165) is 22.0 Å². The van der Waals surface area contributed by atoms with Crippen molar-refractivity contribution in [3.63, 3.8) is 0 Å². The first kappa shape index (κ1) is 13.2. The molecule has 1 amide bonds. The van der Waals surface area contributed by atoms with Gasteiger partial charge in [-0.05, 0) is 43.7 Å². The highest BCUT2D eigenvalue weighted by atomic mass is 79.9. The first-order valence-electron chi connectivity index (χ1n) is 5.28. The van der Waals surface area contributed by atoms with Gasteiger partial charge in [-0.2, -0.15) is 0 Å². The van der Waals surface area contributed by atoms with E-state index in [9.17, 15) is 4.79 Å². The minimum Gasteiger partial charge on any atom is -0.342 e. The van der Waals surface area contributed by atoms with Gasteiger partial charge in [0, 0.05) is 23.6 Å². The zero-order chi connectivity index (χ0) is 12.1. The topological polar surface area (TPSA) is 46.3 Å². The summed E-state index contributed by atoms with van der Waals surface area (Å²) in [7, 11) is 1.81. The lowest BCUT2D eigenvalue weighted by Crippen LogP contribution is -2.29. The first-order chi connectivity index (χ1) is 7.56. The molecule has 0 bridgehead atoms. The van der Waals surface area contributed by atoms with E-state index in [4.69, 9.17) is 5.73 Å². The molecule has 1 rings (SSSR count). The third-order valence-corrected chi connectivity index (χ3v) is 2.96. The Morgan fingerprint density at radius 1 is 1.50 bits per heavy atom. The van der Waals surface area contributed by atoms with Crippen LogP contribution in [0.15, 0.2) is 22.7 Å². The Balaban J connectivity index is 2.79. The van der Waals surface area contributed by atoms with E-state index in [1.54, 1.807) is 11.9 Å². The number of nitrogens with zero attached hydrogens (tertiary/aromatic N) is 1. The maximum absolute atomic E-state index is 12.1. The van der Waals surface area contributed by atoms with Crippen molar-refractivity contribution >= 4 is 21.8 Å². The molecule has 0 unspecified atom stereocenters. The predicted molar refractivity (Wildman–Crippen MR) is 69.5 cm³/mol. The number of halogens is 1. The molecule has 1 aromatic rings. The van der Waals surface area contributed by atoms with Crippen LogP contribution in [-0.4, -0.2) is 30.9 Å². The summed E-state index contributed by atoms with van der Waals surface area (Å²) in [5, 5.41) is 0. The Morgan fingerprint density at radius 2 is 2.19 bits per heavy atom. The smallest absolute Gasteiger partial charge is 0.253 e. The maximum Gasteiger partial charge on any atom is 0.253 e. The molecule has 0 aliphatic carbocycles. The van der Waals surface area contributed by atoms with Gasteiger partial charge >= 0.3 is 0 Å². The van der Waals surface area contributed by atoms with Gasteiger partial charge in [0.05, 0.1) is 0 Å². The zero-order valence-corrected chi connectivity index (χ0v) is 11.3. The number of hydrogen-bond acceptors (Lipinski definition) is 2. The van der Waals surface area contributed by atoms with Gasteiger partial charge in [-0.25, -0.2) is 0 Å². The number of benzene rings is 1. The van der Waals surface area contributed by atoms with Gasteiger partial charge in [-0.3, -0.25) is 4.79 Å². The van der Waals surface area contributed by atoms with Crippen LogP contribution in [0.2, 0.25) is 0 Å². The van der Waals surface area contributed by atoms with Gasteiger partial charge in [0.2, 0.25) is 0 Å². The molecule has 88 valence electrons. The average molecular weight is 285 g/mol. The molecule has 0 aromatic heterocycles. The summed E-state index contributed by atoms with van der Waals surface area (Å²) in [4.78, 5) is 13.8. The lowest BCUT2D eigenvalue weighted by Gasteiger charge is -2.18. The third kappa shape index (κ3) is 3.32. The minimum absolute atomic E-state index is 0.0541. The van der Waals surface area contributed by atoms with Crippen LogP contribution in [0, 0.1) is 6.92 Å². The van der Waals surface area contributed by atoms with Gasteiger partial charge in [0.25, 0.3) is 5.91 Å². The quantitative estimate of drug-likeness (QED) is 0.921. The second-order valence-corrected chi connectivity index (χ2v) is 4.74. The average Bonchev–Trinajstić information content (AvgIpc) is 2.25. The number of carbonyl (C=O) groups is 1. The van der Waals surface area contributed by atoms with Gasteiger partial charge in [-0.15, -0.1) is 0 Å². The highest BCUT2D eigenvalue weighted by molar-refractivity contribution is 9.10. The lowest BCUT2D eigenvalue weighted by molar-refractivity contribution is 0.0793. The van der Waals surface area contributed by atoms with Crippen molar-refractivity contribution in [3.05, 3.63) is 33.8 Å². The van der Waals surface area contributed by atoms with Gasteiger partial charge < -0.3 is 10.6 Å². The van der Waals surface area contributed by atoms with Gasteiger partial charge in [-0.1, -0.05) is 15.9 Å². The van der Waals surface area contributed by atoms with Crippen LogP contribution in [0.25, 0.3) is 0 Å². The van der Waals surface area contributed by atoms with E-state index in [2.05, 4.69) is 15.9 Å². The van der Waals surface area contributed by atoms with Gasteiger partial charge in [0.15, 0.2) is 0 Å². The molecule has 16 heavy (non-hydrogen) atoms. The second kappa shape index (κ2) is 6.01. The standard InChI is InChI=1S/C12H17BrN2O/c1-9-8-10(13)4-5-11(9)12(16)15(2)7-3-6-14/h4-5,8H,3,6-7,14H2,1-2H3. The summed E-state index contributed by atoms with van der Waals surface area (Å²) >= 11 is 3.38. The van der Waals surface area contributed by atoms with Crippen molar-refractivity contribution in [2.24, 2.45) is 5.73 Å². The normalized spacial score (nSPS) is 10.2. The van der Waals surface area contributed by atoms with E-state index < -0.39 is 0 Å². The van der Waals surface area contributed by atoms with Crippen LogP contribution < -0.4 is 5.73 Å². The molecular weight excluding hydrogens is 268 g/mol. The van der Waals surface area contributed by atoms with Crippen molar-refractivity contribution in [1.82, 2.24) is 4.90 Å². The van der Waals surface area contributed by atoms with Crippen LogP contribution >= 0.6 is 15.9 Å². The summed E-state index contributed by atoms with van der Waals surface area (Å²) in [6, 6.07) is 5.68. The second-order valence-electron chi connectivity index (χ2n) is 3.83. The summed E-state index contributed by atoms with van der Waals surface area (Å²) in [6.07, 6.45) is 0.831. The molecular formula is C12H17BrN2O. The molecule has 4 heteroatoms. The van der Waals surface area contributed by atoms with Crippen LogP contribution in [0.5, 0.6) is 0 Å². The third-order valence-electron chi connectivity index (χ3n) is 2.46. The number of nitrogens with two attached hydrogens (primary N) is 1. The molecule has 3 nitrogen and oxygen atoms in total. The van der Waals surface area contributed by atoms with Crippen LogP contribution in [0.3, 0.4) is 0 Å². The number of hydrogen-bond donors (Lipinski definition) is 1. The fourth-order valence-corrected chi connectivity index (χ4v) is 1.98. The molecule has 0 aliphatic heterocycles. The zero-order valence-electron chi connectivity index (χ0n) is 9.66. The summed E-state index contributed by atoms with van der Waals surface area (Å²) in [5.74, 6) is 0.0541. The molecule has 0 radical (unpaired) electrons. The summed E-state index contributed by atoms with van der Waals surface area (Å²) in [6.45, 7) is 3.25. The molecule has 0 fully saturated rings. The Kier molecular flexibility index (Phi) is 4.96. The number of carbonyl (C=O) groups excluding carboxylic acids is 1.